The molecule has 0 aromatic carbocycles. The molecule has 2 rings (SSSR count). The molecular formula is C6H4N2S2. The predicted molar refractivity (Wildman–Crippen MR) is 46.8 cm³/mol. The van der Waals surface area contributed by atoms with E-state index >= 15 is 0 Å². The molecule has 4 heteroatoms. The van der Waals surface area contributed by atoms with Crippen molar-refractivity contribution >= 4 is 41.5 Å². The molecule has 0 saturated carbocycles. The van der Waals surface area contributed by atoms with Gasteiger partial charge in [0.2, 0.25) is 0 Å². The molecule has 0 fully saturated rings. The first-order valence-corrected chi connectivity index (χ1v) is 3.63. The first-order chi connectivity index (χ1) is 4.75. The predicted octanol–water partition coefficient (Wildman–Crippen LogP) is 0.0168. The number of H-pyrrole nitrogens is 2. The van der Waals surface area contributed by atoms with Crippen molar-refractivity contribution in [2.45, 2.75) is 0 Å². The number of fused-ring (bicyclic) bond motifs is 1. The molecule has 0 amide bonds. The lowest BCUT2D eigenvalue weighted by Crippen LogP contribution is -2.19. The van der Waals surface area contributed by atoms with Crippen molar-refractivity contribution in [3.05, 3.63) is 15.5 Å². The van der Waals surface area contributed by atoms with E-state index in [9.17, 15) is 0 Å². The van der Waals surface area contributed by atoms with Crippen molar-refractivity contribution in [3.63, 3.8) is 0 Å². The summed E-state index contributed by atoms with van der Waals surface area (Å²) in [6, 6.07) is 0. The molecule has 0 atom stereocenters. The van der Waals surface area contributed by atoms with Crippen LogP contribution in [-0.2, 0) is 0 Å². The summed E-state index contributed by atoms with van der Waals surface area (Å²) in [5.74, 6) is 0. The van der Waals surface area contributed by atoms with Gasteiger partial charge in [-0.3, -0.25) is 0 Å². The molecule has 1 aliphatic rings. The van der Waals surface area contributed by atoms with E-state index in [4.69, 9.17) is 24.4 Å². The van der Waals surface area contributed by atoms with Gasteiger partial charge >= 0.3 is 0 Å². The Morgan fingerprint density at radius 3 is 2.00 bits per heavy atom. The molecule has 0 aliphatic heterocycles. The summed E-state index contributed by atoms with van der Waals surface area (Å²) in [6.45, 7) is 0. The van der Waals surface area contributed by atoms with Crippen LogP contribution >= 0.6 is 24.4 Å². The summed E-state index contributed by atoms with van der Waals surface area (Å²) < 4.78 is 0.653. The highest BCUT2D eigenvalue weighted by Crippen LogP contribution is 1.84. The van der Waals surface area contributed by atoms with Crippen LogP contribution in [0.1, 0.15) is 0 Å². The van der Waals surface area contributed by atoms with Crippen LogP contribution in [0.3, 0.4) is 0 Å². The van der Waals surface area contributed by atoms with Crippen molar-refractivity contribution in [1.29, 1.82) is 0 Å². The zero-order valence-corrected chi connectivity index (χ0v) is 6.60. The number of thiocarbonyl (C=S) groups is 1. The summed E-state index contributed by atoms with van der Waals surface area (Å²) in [6.07, 6.45) is 3.77. The van der Waals surface area contributed by atoms with Gasteiger partial charge in [-0.2, -0.15) is 0 Å². The zero-order chi connectivity index (χ0) is 7.14. The van der Waals surface area contributed by atoms with Crippen LogP contribution in [0, 0.1) is 4.77 Å². The SMILES string of the molecule is S=C1C=c2[nH]c(=S)[nH]c2=C1. The molecule has 1 heterocycles. The second kappa shape index (κ2) is 1.87. The molecule has 0 unspecified atom stereocenters. The Balaban J connectivity index is 3.04. The van der Waals surface area contributed by atoms with Gasteiger partial charge in [0.25, 0.3) is 0 Å². The molecule has 2 N–H and O–H groups in total. The normalized spacial score (nSPS) is 14.2. The van der Waals surface area contributed by atoms with Gasteiger partial charge in [0.1, 0.15) is 0 Å². The average molecular weight is 168 g/mol. The molecule has 50 valence electrons. The van der Waals surface area contributed by atoms with Crippen molar-refractivity contribution in [2.75, 3.05) is 0 Å². The monoisotopic (exact) mass is 168 g/mol. The average Bonchev–Trinajstić information content (AvgIpc) is 2.21. The molecular weight excluding hydrogens is 164 g/mol. The minimum atomic E-state index is 0.653. The van der Waals surface area contributed by atoms with Crippen molar-refractivity contribution in [2.24, 2.45) is 0 Å². The third-order valence-corrected chi connectivity index (χ3v) is 1.80. The summed E-state index contributed by atoms with van der Waals surface area (Å²) in [7, 11) is 0. The van der Waals surface area contributed by atoms with E-state index in [1.165, 1.54) is 0 Å². The summed E-state index contributed by atoms with van der Waals surface area (Å²) in [5, 5.41) is 1.99. The van der Waals surface area contributed by atoms with Crippen LogP contribution < -0.4 is 10.7 Å². The van der Waals surface area contributed by atoms with Gasteiger partial charge in [0.15, 0.2) is 4.77 Å². The fourth-order valence-corrected chi connectivity index (χ4v) is 1.42. The Bertz CT molecular complexity index is 410. The van der Waals surface area contributed by atoms with Crippen LogP contribution in [0.5, 0.6) is 0 Å². The number of rotatable bonds is 0. The molecule has 2 nitrogen and oxygen atoms in total. The standard InChI is InChI=1S/C6H4N2S2/c9-3-1-4-5(2-3)8-6(10)7-4/h1-2H,(H2,7,8,10). The summed E-state index contributed by atoms with van der Waals surface area (Å²) in [4.78, 5) is 6.78. The van der Waals surface area contributed by atoms with E-state index in [0.29, 0.717) is 4.77 Å². The van der Waals surface area contributed by atoms with E-state index in [0.717, 1.165) is 15.6 Å². The Kier molecular flexibility index (Phi) is 1.12. The highest BCUT2D eigenvalue weighted by molar-refractivity contribution is 7.82. The lowest BCUT2D eigenvalue weighted by atomic mass is 10.5. The molecule has 10 heavy (non-hydrogen) atoms. The molecule has 0 bridgehead atoms. The van der Waals surface area contributed by atoms with Crippen molar-refractivity contribution in [3.8, 4) is 0 Å². The largest absolute Gasteiger partial charge is 0.331 e. The first kappa shape index (κ1) is 6.00. The lowest BCUT2D eigenvalue weighted by molar-refractivity contribution is 1.24. The Morgan fingerprint density at radius 1 is 1.00 bits per heavy atom. The third-order valence-electron chi connectivity index (χ3n) is 1.36. The third kappa shape index (κ3) is 0.767. The molecule has 1 aromatic rings. The molecule has 1 aromatic heterocycles. The number of hydrogen-bond donors (Lipinski definition) is 2. The quantitative estimate of drug-likeness (QED) is 0.535. The van der Waals surface area contributed by atoms with Gasteiger partial charge in [0, 0.05) is 4.86 Å². The van der Waals surface area contributed by atoms with Crippen LogP contribution in [0.15, 0.2) is 0 Å². The second-order valence-corrected chi connectivity index (χ2v) is 2.98. The molecule has 0 saturated heterocycles. The van der Waals surface area contributed by atoms with Gasteiger partial charge < -0.3 is 9.97 Å². The number of aromatic nitrogens is 2. The fourth-order valence-electron chi connectivity index (χ4n) is 0.964. The second-order valence-electron chi connectivity index (χ2n) is 2.10. The molecule has 1 aliphatic carbocycles. The minimum Gasteiger partial charge on any atom is -0.331 e. The van der Waals surface area contributed by atoms with Crippen LogP contribution in [0.25, 0.3) is 12.2 Å². The van der Waals surface area contributed by atoms with Gasteiger partial charge in [-0.1, -0.05) is 12.2 Å². The number of aromatic amines is 2. The van der Waals surface area contributed by atoms with Crippen molar-refractivity contribution < 1.29 is 0 Å². The summed E-state index contributed by atoms with van der Waals surface area (Å²) >= 11 is 9.80. The van der Waals surface area contributed by atoms with Crippen LogP contribution in [-0.4, -0.2) is 14.8 Å². The zero-order valence-electron chi connectivity index (χ0n) is 4.97. The van der Waals surface area contributed by atoms with E-state index in [-0.39, 0.29) is 0 Å². The molecule has 0 radical (unpaired) electrons. The minimum absolute atomic E-state index is 0.653. The maximum atomic E-state index is 4.94. The highest BCUT2D eigenvalue weighted by Gasteiger charge is 1.98. The van der Waals surface area contributed by atoms with Gasteiger partial charge in [0.05, 0.1) is 10.7 Å². The van der Waals surface area contributed by atoms with Crippen molar-refractivity contribution in [1.82, 2.24) is 9.97 Å². The first-order valence-electron chi connectivity index (χ1n) is 2.81. The molecule has 0 spiro atoms. The summed E-state index contributed by atoms with van der Waals surface area (Å²) in [5.41, 5.74) is 0. The Labute approximate surface area is 67.3 Å². The maximum Gasteiger partial charge on any atom is 0.175 e. The number of hydrogen-bond acceptors (Lipinski definition) is 2. The lowest BCUT2D eigenvalue weighted by Gasteiger charge is -1.73. The Hall–Kier alpha value is -0.740. The van der Waals surface area contributed by atoms with E-state index in [2.05, 4.69) is 9.97 Å². The van der Waals surface area contributed by atoms with Gasteiger partial charge in [-0.15, -0.1) is 0 Å². The maximum absolute atomic E-state index is 4.94. The number of imidazole rings is 1. The fraction of sp³-hybridized carbons (Fsp3) is 0. The van der Waals surface area contributed by atoms with Gasteiger partial charge in [-0.05, 0) is 24.4 Å². The van der Waals surface area contributed by atoms with Crippen LogP contribution in [0.4, 0.5) is 0 Å². The highest BCUT2D eigenvalue weighted by atomic mass is 32.1. The smallest absolute Gasteiger partial charge is 0.175 e. The van der Waals surface area contributed by atoms with E-state index < -0.39 is 0 Å². The van der Waals surface area contributed by atoms with Crippen LogP contribution in [0.2, 0.25) is 0 Å². The number of nitrogens with one attached hydrogen (secondary N) is 2. The van der Waals surface area contributed by atoms with Gasteiger partial charge in [-0.25, -0.2) is 0 Å². The van der Waals surface area contributed by atoms with E-state index in [1.807, 2.05) is 12.2 Å². The van der Waals surface area contributed by atoms with E-state index in [1.54, 1.807) is 0 Å². The Morgan fingerprint density at radius 2 is 1.50 bits per heavy atom. The topological polar surface area (TPSA) is 31.6 Å².